The first-order chi connectivity index (χ1) is 28.3. The lowest BCUT2D eigenvalue weighted by atomic mass is 9.80. The summed E-state index contributed by atoms with van der Waals surface area (Å²) < 4.78 is 18.4. The fourth-order valence-electron chi connectivity index (χ4n) is 9.01. The molecule has 6 nitrogen and oxygen atoms in total. The van der Waals surface area contributed by atoms with Crippen LogP contribution in [0.1, 0.15) is 116 Å². The number of allylic oxidation sites excluding steroid dienone is 4. The van der Waals surface area contributed by atoms with Crippen LogP contribution >= 0.6 is 0 Å². The molecule has 302 valence electrons. The van der Waals surface area contributed by atoms with Gasteiger partial charge in [0, 0.05) is 30.7 Å². The van der Waals surface area contributed by atoms with Crippen LogP contribution in [0.4, 0.5) is 0 Å². The van der Waals surface area contributed by atoms with E-state index in [9.17, 15) is 15.0 Å². The first kappa shape index (κ1) is 40.8. The number of fused-ring (bicyclic) bond motifs is 9. The number of phenols is 1. The number of ketones is 1. The van der Waals surface area contributed by atoms with Crippen LogP contribution in [0.5, 0.6) is 17.2 Å². The molecule has 4 unspecified atom stereocenters. The number of phenolic OH excluding ortho intramolecular Hbond substituents is 1. The van der Waals surface area contributed by atoms with Gasteiger partial charge in [0.15, 0.2) is 11.5 Å². The molecule has 4 atom stereocenters. The Morgan fingerprint density at radius 3 is 2.50 bits per heavy atom. The summed E-state index contributed by atoms with van der Waals surface area (Å²) in [6.07, 6.45) is 23.7. The monoisotopic (exact) mass is 778 g/mol. The molecule has 0 radical (unpaired) electrons. The van der Waals surface area contributed by atoms with Crippen molar-refractivity contribution in [2.75, 3.05) is 7.11 Å². The molecule has 2 N–H and O–H groups in total. The van der Waals surface area contributed by atoms with E-state index in [1.54, 1.807) is 13.2 Å². The maximum Gasteiger partial charge on any atom is 0.161 e. The van der Waals surface area contributed by atoms with Gasteiger partial charge in [-0.1, -0.05) is 99.7 Å². The number of aliphatic hydroxyl groups is 1. The third-order valence-electron chi connectivity index (χ3n) is 12.3. The molecule has 2 heterocycles. The molecule has 0 saturated carbocycles. The summed E-state index contributed by atoms with van der Waals surface area (Å²) in [4.78, 5) is 13.7. The number of hydrogen-bond acceptors (Lipinski definition) is 6. The highest BCUT2D eigenvalue weighted by molar-refractivity contribution is 6.00. The van der Waals surface area contributed by atoms with Crippen LogP contribution in [0.2, 0.25) is 0 Å². The molecule has 0 saturated heterocycles. The van der Waals surface area contributed by atoms with E-state index < -0.39 is 6.10 Å². The Labute approximate surface area is 344 Å². The summed E-state index contributed by atoms with van der Waals surface area (Å²) in [5.74, 6) is 5.37. The second kappa shape index (κ2) is 19.4. The smallest absolute Gasteiger partial charge is 0.161 e. The quantitative estimate of drug-likeness (QED) is 0.110. The Balaban J connectivity index is 1.12. The number of hydrogen-bond donors (Lipinski definition) is 2. The van der Waals surface area contributed by atoms with E-state index in [1.807, 2.05) is 30.3 Å². The SMILES string of the molecule is CCCCCc1ccccc1CCCCC1C=CC(O)=CC1CC1CC(=O)CCc2ccc(OC)c(c2)OCc2ccc3c(c(O)cc4c3c2C=CC4C)CC#CO1. The predicted molar refractivity (Wildman–Crippen MR) is 233 cm³/mol. The van der Waals surface area contributed by atoms with E-state index in [2.05, 4.69) is 80.5 Å². The van der Waals surface area contributed by atoms with Crippen LogP contribution in [-0.4, -0.2) is 29.2 Å². The van der Waals surface area contributed by atoms with E-state index >= 15 is 0 Å². The van der Waals surface area contributed by atoms with Crippen LogP contribution in [-0.2, 0) is 41.8 Å². The minimum Gasteiger partial charge on any atom is -0.508 e. The molecular formula is C52H58O6. The number of unbranched alkanes of at least 4 members (excludes halogenated alkanes) is 3. The Bertz CT molecular complexity index is 2250. The van der Waals surface area contributed by atoms with Crippen molar-refractivity contribution < 1.29 is 29.2 Å². The van der Waals surface area contributed by atoms with Crippen LogP contribution in [0.25, 0.3) is 16.8 Å². The molecule has 2 aliphatic carbocycles. The van der Waals surface area contributed by atoms with E-state index in [0.29, 0.717) is 37.4 Å². The van der Waals surface area contributed by atoms with Crippen molar-refractivity contribution in [3.05, 3.63) is 130 Å². The average molecular weight is 779 g/mol. The van der Waals surface area contributed by atoms with Crippen LogP contribution in [0.15, 0.2) is 90.7 Å². The maximum absolute atomic E-state index is 13.7. The highest BCUT2D eigenvalue weighted by atomic mass is 16.5. The summed E-state index contributed by atoms with van der Waals surface area (Å²) >= 11 is 0. The predicted octanol–water partition coefficient (Wildman–Crippen LogP) is 11.8. The summed E-state index contributed by atoms with van der Waals surface area (Å²) in [5, 5.41) is 24.0. The molecule has 0 amide bonds. The number of rotatable bonds is 12. The average Bonchev–Trinajstić information content (AvgIpc) is 3.22. The van der Waals surface area contributed by atoms with Gasteiger partial charge >= 0.3 is 0 Å². The number of carbonyl (C=O) groups is 1. The zero-order valence-electron chi connectivity index (χ0n) is 34.4. The normalized spacial score (nSPS) is 20.3. The van der Waals surface area contributed by atoms with Gasteiger partial charge in [-0.05, 0) is 131 Å². The maximum atomic E-state index is 13.7. The third kappa shape index (κ3) is 9.81. The molecule has 6 bridgehead atoms. The van der Waals surface area contributed by atoms with Crippen molar-refractivity contribution in [3.63, 3.8) is 0 Å². The number of methoxy groups -OCH3 is 1. The highest BCUT2D eigenvalue weighted by Gasteiger charge is 2.27. The van der Waals surface area contributed by atoms with Crippen LogP contribution in [0, 0.1) is 23.9 Å². The fraction of sp³-hybridized carbons (Fsp3) is 0.404. The zero-order valence-corrected chi connectivity index (χ0v) is 34.4. The molecule has 2 aliphatic heterocycles. The summed E-state index contributed by atoms with van der Waals surface area (Å²) in [6, 6.07) is 20.8. The van der Waals surface area contributed by atoms with E-state index in [1.165, 1.54) is 30.4 Å². The summed E-state index contributed by atoms with van der Waals surface area (Å²) in [6.45, 7) is 4.72. The van der Waals surface area contributed by atoms with Crippen molar-refractivity contribution in [1.82, 2.24) is 0 Å². The highest BCUT2D eigenvalue weighted by Crippen LogP contribution is 2.42. The molecular weight excluding hydrogens is 721 g/mol. The van der Waals surface area contributed by atoms with Gasteiger partial charge in [-0.25, -0.2) is 0 Å². The number of ether oxygens (including phenoxy) is 3. The molecule has 0 spiro atoms. The number of Topliss-reactive ketones (excluding diaryl/α,β-unsaturated/α-hetero) is 1. The molecule has 4 aromatic rings. The molecule has 6 heteroatoms. The van der Waals surface area contributed by atoms with Gasteiger partial charge in [0.1, 0.15) is 36.1 Å². The lowest BCUT2D eigenvalue weighted by Crippen LogP contribution is -2.24. The third-order valence-corrected chi connectivity index (χ3v) is 12.3. The standard InChI is InChI=1S/C52H58O6/c1-4-5-6-12-37-13-7-8-14-38(37)15-9-10-16-39-21-24-42(53)30-41(39)31-44-32-43(54)23-19-36-20-27-50(56-3)51(29-36)58-34-40-22-26-47-46(17-11-28-57-44)49(55)33-48-35(2)18-25-45(40)52(47)48/h7-8,13-14,18,20-22,24-27,29-30,33,35,39,41,44,53,55H,4-6,9-10,12,15-17,19,23,31-32,34H2,1-3H3. The Morgan fingerprint density at radius 1 is 0.897 bits per heavy atom. The lowest BCUT2D eigenvalue weighted by molar-refractivity contribution is -0.121. The first-order valence-electron chi connectivity index (χ1n) is 21.4. The molecule has 0 aromatic heterocycles. The van der Waals surface area contributed by atoms with Crippen LogP contribution in [0.3, 0.4) is 0 Å². The van der Waals surface area contributed by atoms with Gasteiger partial charge in [-0.15, -0.1) is 0 Å². The Morgan fingerprint density at radius 2 is 1.71 bits per heavy atom. The van der Waals surface area contributed by atoms with E-state index in [-0.39, 0.29) is 47.9 Å². The number of aryl methyl sites for hydroxylation is 3. The van der Waals surface area contributed by atoms with Crippen LogP contribution < -0.4 is 9.47 Å². The Kier molecular flexibility index (Phi) is 13.6. The lowest BCUT2D eigenvalue weighted by Gasteiger charge is -2.28. The molecule has 58 heavy (non-hydrogen) atoms. The van der Waals surface area contributed by atoms with Crippen molar-refractivity contribution in [2.24, 2.45) is 11.8 Å². The van der Waals surface area contributed by atoms with Gasteiger partial charge < -0.3 is 24.4 Å². The van der Waals surface area contributed by atoms with Gasteiger partial charge in [-0.3, -0.25) is 4.79 Å². The fourth-order valence-corrected chi connectivity index (χ4v) is 9.01. The molecule has 4 aliphatic rings. The second-order valence-corrected chi connectivity index (χ2v) is 16.4. The van der Waals surface area contributed by atoms with E-state index in [4.69, 9.17) is 14.2 Å². The number of carbonyl (C=O) groups excluding carboxylic acids is 1. The van der Waals surface area contributed by atoms with Gasteiger partial charge in [0.2, 0.25) is 0 Å². The molecule has 4 aromatic carbocycles. The van der Waals surface area contributed by atoms with Crippen molar-refractivity contribution in [2.45, 2.75) is 116 Å². The molecule has 8 rings (SSSR count). The largest absolute Gasteiger partial charge is 0.508 e. The topological polar surface area (TPSA) is 85.2 Å². The van der Waals surface area contributed by atoms with Crippen molar-refractivity contribution >= 4 is 22.6 Å². The van der Waals surface area contributed by atoms with E-state index in [0.717, 1.165) is 70.7 Å². The van der Waals surface area contributed by atoms with Crippen molar-refractivity contribution in [1.29, 1.82) is 0 Å². The minimum absolute atomic E-state index is 0.00238. The van der Waals surface area contributed by atoms with Crippen molar-refractivity contribution in [3.8, 4) is 29.3 Å². The molecule has 0 fully saturated rings. The van der Waals surface area contributed by atoms with Gasteiger partial charge in [-0.2, -0.15) is 0 Å². The Hall–Kier alpha value is -5.41. The minimum atomic E-state index is -0.464. The van der Waals surface area contributed by atoms with Gasteiger partial charge in [0.25, 0.3) is 0 Å². The summed E-state index contributed by atoms with van der Waals surface area (Å²) in [5.41, 5.74) is 7.86. The zero-order chi connectivity index (χ0) is 40.4. The first-order valence-corrected chi connectivity index (χ1v) is 21.4. The second-order valence-electron chi connectivity index (χ2n) is 16.4. The summed E-state index contributed by atoms with van der Waals surface area (Å²) in [7, 11) is 1.64. The van der Waals surface area contributed by atoms with Gasteiger partial charge in [0.05, 0.1) is 7.11 Å². The number of aromatic hydroxyl groups is 1. The number of aliphatic hydroxyl groups excluding tert-OH is 1. The number of benzene rings is 4.